The molecule has 0 bridgehead atoms. The number of aliphatic hydroxyl groups excluding tert-OH is 1. The number of sulfonamides is 1. The Morgan fingerprint density at radius 1 is 1.33 bits per heavy atom. The summed E-state index contributed by atoms with van der Waals surface area (Å²) >= 11 is 6.82. The van der Waals surface area contributed by atoms with Gasteiger partial charge in [-0.3, -0.25) is 0 Å². The number of nitrogens with one attached hydrogen (secondary N) is 1. The van der Waals surface area contributed by atoms with Crippen molar-refractivity contribution in [1.29, 1.82) is 0 Å². The molecule has 0 saturated carbocycles. The summed E-state index contributed by atoms with van der Waals surface area (Å²) in [5.74, 6) is 0.344. The number of thiophene rings is 1. The average molecular weight is 354 g/mol. The first kappa shape index (κ1) is 18.9. The van der Waals surface area contributed by atoms with Crippen LogP contribution in [0.25, 0.3) is 0 Å². The van der Waals surface area contributed by atoms with Gasteiger partial charge >= 0.3 is 0 Å². The molecule has 0 spiro atoms. The predicted molar refractivity (Wildman–Crippen MR) is 88.4 cm³/mol. The number of hydrogen-bond donors (Lipinski definition) is 2. The fourth-order valence-corrected chi connectivity index (χ4v) is 5.01. The topological polar surface area (TPSA) is 66.4 Å². The fraction of sp³-hybridized carbons (Fsp3) is 0.714. The minimum atomic E-state index is -3.65. The van der Waals surface area contributed by atoms with E-state index in [2.05, 4.69) is 4.72 Å². The van der Waals surface area contributed by atoms with Gasteiger partial charge in [0.05, 0.1) is 16.5 Å². The molecule has 1 rings (SSSR count). The van der Waals surface area contributed by atoms with E-state index < -0.39 is 22.2 Å². The molecule has 0 saturated heterocycles. The molecule has 0 aliphatic rings. The second kappa shape index (κ2) is 7.92. The monoisotopic (exact) mass is 353 g/mol. The van der Waals surface area contributed by atoms with Crippen LogP contribution in [0.1, 0.15) is 40.5 Å². The first-order valence-electron chi connectivity index (χ1n) is 7.13. The zero-order chi connectivity index (χ0) is 16.2. The van der Waals surface area contributed by atoms with Crippen molar-refractivity contribution in [2.45, 2.75) is 56.9 Å². The smallest absolute Gasteiger partial charge is 0.250 e. The van der Waals surface area contributed by atoms with Gasteiger partial charge in [0, 0.05) is 0 Å². The summed E-state index contributed by atoms with van der Waals surface area (Å²) in [5, 5.41) is 10.3. The highest BCUT2D eigenvalue weighted by Crippen LogP contribution is 2.27. The van der Waals surface area contributed by atoms with Gasteiger partial charge in [-0.15, -0.1) is 11.3 Å². The Morgan fingerprint density at radius 2 is 1.95 bits per heavy atom. The molecule has 1 unspecified atom stereocenters. The lowest BCUT2D eigenvalue weighted by atomic mass is 9.91. The summed E-state index contributed by atoms with van der Waals surface area (Å²) < 4.78 is 28.1. The number of rotatable bonds is 8. The van der Waals surface area contributed by atoms with E-state index in [0.29, 0.717) is 16.7 Å². The second-order valence-electron chi connectivity index (χ2n) is 5.79. The second-order valence-corrected chi connectivity index (χ2v) is 9.44. The summed E-state index contributed by atoms with van der Waals surface area (Å²) in [7, 11) is -3.65. The molecule has 0 aliphatic carbocycles. The SMILES string of the molecule is CC[C@H](C)C(NS(=O)(=O)c1ccc(Cl)s1)[C@@H](O)CC(C)C. The third kappa shape index (κ3) is 5.53. The molecule has 7 heteroatoms. The van der Waals surface area contributed by atoms with Crippen molar-refractivity contribution < 1.29 is 13.5 Å². The molecule has 4 nitrogen and oxygen atoms in total. The fourth-order valence-electron chi connectivity index (χ4n) is 2.14. The van der Waals surface area contributed by atoms with Crippen molar-refractivity contribution >= 4 is 33.0 Å². The highest BCUT2D eigenvalue weighted by Gasteiger charge is 2.30. The van der Waals surface area contributed by atoms with Crippen LogP contribution in [0.15, 0.2) is 16.3 Å². The molecular weight excluding hydrogens is 330 g/mol. The van der Waals surface area contributed by atoms with Crippen LogP contribution in [0.2, 0.25) is 4.34 Å². The predicted octanol–water partition coefficient (Wildman–Crippen LogP) is 3.50. The van der Waals surface area contributed by atoms with Gasteiger partial charge in [-0.1, -0.05) is 45.7 Å². The van der Waals surface area contributed by atoms with Gasteiger partial charge in [-0.05, 0) is 30.4 Å². The molecule has 2 N–H and O–H groups in total. The molecule has 1 aromatic heterocycles. The lowest BCUT2D eigenvalue weighted by Crippen LogP contribution is -2.47. The van der Waals surface area contributed by atoms with Crippen LogP contribution in [-0.4, -0.2) is 25.7 Å². The molecule has 0 fully saturated rings. The molecule has 1 aromatic rings. The van der Waals surface area contributed by atoms with E-state index in [0.717, 1.165) is 17.8 Å². The molecule has 3 atom stereocenters. The Morgan fingerprint density at radius 3 is 2.38 bits per heavy atom. The third-order valence-corrected chi connectivity index (χ3v) is 6.67. The van der Waals surface area contributed by atoms with Gasteiger partial charge in [0.15, 0.2) is 0 Å². The zero-order valence-corrected chi connectivity index (χ0v) is 15.2. The van der Waals surface area contributed by atoms with Gasteiger partial charge in [-0.2, -0.15) is 0 Å². The van der Waals surface area contributed by atoms with Gasteiger partial charge in [-0.25, -0.2) is 13.1 Å². The Labute approximate surface area is 136 Å². The third-order valence-electron chi connectivity index (χ3n) is 3.49. The van der Waals surface area contributed by atoms with E-state index in [1.54, 1.807) is 6.07 Å². The van der Waals surface area contributed by atoms with E-state index in [9.17, 15) is 13.5 Å². The van der Waals surface area contributed by atoms with Crippen molar-refractivity contribution in [2.24, 2.45) is 11.8 Å². The van der Waals surface area contributed by atoms with Crippen molar-refractivity contribution in [3.05, 3.63) is 16.5 Å². The summed E-state index contributed by atoms with van der Waals surface area (Å²) in [5.41, 5.74) is 0. The zero-order valence-electron chi connectivity index (χ0n) is 12.8. The van der Waals surface area contributed by atoms with Crippen molar-refractivity contribution in [3.8, 4) is 0 Å². The first-order valence-corrected chi connectivity index (χ1v) is 9.80. The molecule has 0 aromatic carbocycles. The maximum atomic E-state index is 12.4. The van der Waals surface area contributed by atoms with E-state index in [1.807, 2.05) is 27.7 Å². The van der Waals surface area contributed by atoms with Crippen LogP contribution < -0.4 is 4.72 Å². The van der Waals surface area contributed by atoms with Gasteiger partial charge < -0.3 is 5.11 Å². The van der Waals surface area contributed by atoms with Crippen molar-refractivity contribution in [3.63, 3.8) is 0 Å². The van der Waals surface area contributed by atoms with Gasteiger partial charge in [0.2, 0.25) is 10.0 Å². The quantitative estimate of drug-likeness (QED) is 0.751. The normalized spacial score (nSPS) is 16.9. The molecular formula is C14H24ClNO3S2. The summed E-state index contributed by atoms with van der Waals surface area (Å²) in [6, 6.07) is 2.55. The Kier molecular flexibility index (Phi) is 7.13. The molecule has 0 radical (unpaired) electrons. The van der Waals surface area contributed by atoms with Crippen LogP contribution in [0.3, 0.4) is 0 Å². The maximum Gasteiger partial charge on any atom is 0.250 e. The average Bonchev–Trinajstić information content (AvgIpc) is 2.81. The lowest BCUT2D eigenvalue weighted by molar-refractivity contribution is 0.0910. The number of halogens is 1. The van der Waals surface area contributed by atoms with E-state index in [1.165, 1.54) is 6.07 Å². The van der Waals surface area contributed by atoms with Gasteiger partial charge in [0.1, 0.15) is 4.21 Å². The minimum absolute atomic E-state index is 0.0453. The van der Waals surface area contributed by atoms with E-state index in [4.69, 9.17) is 11.6 Å². The Bertz CT molecular complexity index is 542. The molecule has 0 aliphatic heterocycles. The van der Waals surface area contributed by atoms with Crippen LogP contribution in [0.4, 0.5) is 0 Å². The maximum absolute atomic E-state index is 12.4. The summed E-state index contributed by atoms with van der Waals surface area (Å²) in [6.45, 7) is 7.93. The van der Waals surface area contributed by atoms with Crippen LogP contribution in [0, 0.1) is 11.8 Å². The van der Waals surface area contributed by atoms with Crippen LogP contribution in [-0.2, 0) is 10.0 Å². The van der Waals surface area contributed by atoms with Crippen molar-refractivity contribution in [1.82, 2.24) is 4.72 Å². The van der Waals surface area contributed by atoms with Crippen molar-refractivity contribution in [2.75, 3.05) is 0 Å². The molecule has 122 valence electrons. The lowest BCUT2D eigenvalue weighted by Gasteiger charge is -2.29. The summed E-state index contributed by atoms with van der Waals surface area (Å²) in [6.07, 6.45) is 0.640. The van der Waals surface area contributed by atoms with Gasteiger partial charge in [0.25, 0.3) is 0 Å². The van der Waals surface area contributed by atoms with E-state index in [-0.39, 0.29) is 10.1 Å². The number of hydrogen-bond acceptors (Lipinski definition) is 4. The first-order chi connectivity index (χ1) is 9.67. The largest absolute Gasteiger partial charge is 0.391 e. The molecule has 21 heavy (non-hydrogen) atoms. The standard InChI is InChI=1S/C14H24ClNO3S2/c1-5-10(4)14(11(17)8-9(2)3)16-21(18,19)13-7-6-12(15)20-13/h6-7,9-11,14,16-17H,5,8H2,1-4H3/t10-,11-,14?/m0/s1. The van der Waals surface area contributed by atoms with E-state index >= 15 is 0 Å². The Hall–Kier alpha value is -0.140. The minimum Gasteiger partial charge on any atom is -0.391 e. The summed E-state index contributed by atoms with van der Waals surface area (Å²) in [4.78, 5) is 0. The highest BCUT2D eigenvalue weighted by atomic mass is 35.5. The molecule has 0 amide bonds. The van der Waals surface area contributed by atoms with Crippen LogP contribution >= 0.6 is 22.9 Å². The number of aliphatic hydroxyl groups is 1. The highest BCUT2D eigenvalue weighted by molar-refractivity contribution is 7.91. The Balaban J connectivity index is 2.95. The van der Waals surface area contributed by atoms with Crippen LogP contribution in [0.5, 0.6) is 0 Å². The molecule has 1 heterocycles.